The predicted octanol–water partition coefficient (Wildman–Crippen LogP) is 3.17. The van der Waals surface area contributed by atoms with Crippen LogP contribution in [-0.4, -0.2) is 22.1 Å². The molecule has 1 aromatic heterocycles. The average molecular weight is 275 g/mol. The number of aryl methyl sites for hydroxylation is 2. The Morgan fingerprint density at radius 2 is 1.95 bits per heavy atom. The molecule has 0 saturated heterocycles. The fraction of sp³-hybridized carbons (Fsp3) is 0.400. The molecule has 0 bridgehead atoms. The van der Waals surface area contributed by atoms with Crippen LogP contribution in [0.4, 0.5) is 0 Å². The molecular formula is C15H21N3S. The largest absolute Gasteiger partial charge is 0.312 e. The highest BCUT2D eigenvalue weighted by Crippen LogP contribution is 2.31. The summed E-state index contributed by atoms with van der Waals surface area (Å²) in [6.07, 6.45) is 0. The number of hydrogen-bond donors (Lipinski definition) is 1. The molecule has 0 radical (unpaired) electrons. The van der Waals surface area contributed by atoms with Crippen LogP contribution < -0.4 is 5.32 Å². The van der Waals surface area contributed by atoms with E-state index in [1.807, 2.05) is 37.5 Å². The second-order valence-corrected chi connectivity index (χ2v) is 6.15. The summed E-state index contributed by atoms with van der Waals surface area (Å²) in [6, 6.07) is 13.1. The standard InChI is InChI=1S/C15H21N3S/c1-11-10-14(18(4)17-11)19-12(2)15(16-3)13-8-6-5-7-9-13/h5-10,12,15-16H,1-4H3. The maximum atomic E-state index is 4.40. The van der Waals surface area contributed by atoms with Gasteiger partial charge in [-0.15, -0.1) is 11.8 Å². The van der Waals surface area contributed by atoms with E-state index < -0.39 is 0 Å². The molecule has 2 rings (SSSR count). The zero-order chi connectivity index (χ0) is 13.8. The van der Waals surface area contributed by atoms with Crippen LogP contribution in [-0.2, 0) is 7.05 Å². The van der Waals surface area contributed by atoms with Gasteiger partial charge < -0.3 is 5.32 Å². The van der Waals surface area contributed by atoms with Crippen LogP contribution >= 0.6 is 11.8 Å². The van der Waals surface area contributed by atoms with Crippen molar-refractivity contribution in [1.82, 2.24) is 15.1 Å². The molecular weight excluding hydrogens is 254 g/mol. The molecule has 2 atom stereocenters. The Labute approximate surface area is 119 Å². The minimum atomic E-state index is 0.335. The Balaban J connectivity index is 2.13. The molecule has 0 amide bonds. The van der Waals surface area contributed by atoms with E-state index in [0.29, 0.717) is 11.3 Å². The molecule has 0 aliphatic carbocycles. The van der Waals surface area contributed by atoms with Gasteiger partial charge in [0.05, 0.1) is 10.7 Å². The molecule has 19 heavy (non-hydrogen) atoms. The first-order chi connectivity index (χ1) is 9.11. The van der Waals surface area contributed by atoms with E-state index in [-0.39, 0.29) is 0 Å². The van der Waals surface area contributed by atoms with Crippen molar-refractivity contribution in [2.75, 3.05) is 7.05 Å². The van der Waals surface area contributed by atoms with Crippen molar-refractivity contribution in [1.29, 1.82) is 0 Å². The summed E-state index contributed by atoms with van der Waals surface area (Å²) in [6.45, 7) is 4.28. The molecule has 0 spiro atoms. The highest BCUT2D eigenvalue weighted by Gasteiger charge is 2.19. The SMILES string of the molecule is CNC(c1ccccc1)C(C)Sc1cc(C)nn1C. The summed E-state index contributed by atoms with van der Waals surface area (Å²) in [5.41, 5.74) is 2.39. The minimum Gasteiger partial charge on any atom is -0.312 e. The van der Waals surface area contributed by atoms with Crippen molar-refractivity contribution in [3.05, 3.63) is 47.7 Å². The molecule has 0 aliphatic rings. The summed E-state index contributed by atoms with van der Waals surface area (Å²) in [5, 5.41) is 9.45. The first kappa shape index (κ1) is 14.2. The second kappa shape index (κ2) is 6.26. The Bertz CT molecular complexity index is 521. The summed E-state index contributed by atoms with van der Waals surface area (Å²) in [4.78, 5) is 0. The van der Waals surface area contributed by atoms with Crippen molar-refractivity contribution >= 4 is 11.8 Å². The lowest BCUT2D eigenvalue weighted by atomic mass is 10.0. The van der Waals surface area contributed by atoms with E-state index in [1.54, 1.807) is 0 Å². The van der Waals surface area contributed by atoms with Crippen LogP contribution in [0.15, 0.2) is 41.4 Å². The van der Waals surface area contributed by atoms with Gasteiger partial charge in [0.2, 0.25) is 0 Å². The fourth-order valence-electron chi connectivity index (χ4n) is 2.29. The molecule has 3 nitrogen and oxygen atoms in total. The lowest BCUT2D eigenvalue weighted by molar-refractivity contribution is 0.586. The third-order valence-corrected chi connectivity index (χ3v) is 4.47. The lowest BCUT2D eigenvalue weighted by Gasteiger charge is -2.23. The van der Waals surface area contributed by atoms with Gasteiger partial charge in [-0.25, -0.2) is 0 Å². The van der Waals surface area contributed by atoms with Crippen LogP contribution in [0.25, 0.3) is 0 Å². The van der Waals surface area contributed by atoms with Gasteiger partial charge in [0.25, 0.3) is 0 Å². The smallest absolute Gasteiger partial charge is 0.0942 e. The zero-order valence-electron chi connectivity index (χ0n) is 11.9. The van der Waals surface area contributed by atoms with Crippen LogP contribution in [0.5, 0.6) is 0 Å². The van der Waals surface area contributed by atoms with Crippen LogP contribution in [0.2, 0.25) is 0 Å². The number of thioether (sulfide) groups is 1. The van der Waals surface area contributed by atoms with Gasteiger partial charge in [0, 0.05) is 18.3 Å². The topological polar surface area (TPSA) is 29.9 Å². The molecule has 0 fully saturated rings. The van der Waals surface area contributed by atoms with Crippen molar-refractivity contribution in [3.8, 4) is 0 Å². The maximum absolute atomic E-state index is 4.40. The molecule has 4 heteroatoms. The van der Waals surface area contributed by atoms with E-state index in [0.717, 1.165) is 5.69 Å². The number of hydrogen-bond acceptors (Lipinski definition) is 3. The summed E-state index contributed by atoms with van der Waals surface area (Å²) >= 11 is 1.86. The van der Waals surface area contributed by atoms with Crippen LogP contribution in [0.1, 0.15) is 24.2 Å². The highest BCUT2D eigenvalue weighted by molar-refractivity contribution is 7.99. The van der Waals surface area contributed by atoms with Crippen molar-refractivity contribution in [2.45, 2.75) is 30.2 Å². The Morgan fingerprint density at radius 1 is 1.26 bits per heavy atom. The number of rotatable bonds is 5. The Morgan fingerprint density at radius 3 is 2.47 bits per heavy atom. The summed E-state index contributed by atoms with van der Waals surface area (Å²) in [5.74, 6) is 0. The van der Waals surface area contributed by atoms with Crippen molar-refractivity contribution < 1.29 is 0 Å². The van der Waals surface area contributed by atoms with Crippen molar-refractivity contribution in [3.63, 3.8) is 0 Å². The molecule has 0 aliphatic heterocycles. The Hall–Kier alpha value is -1.26. The molecule has 1 heterocycles. The fourth-order valence-corrected chi connectivity index (χ4v) is 3.53. The lowest BCUT2D eigenvalue weighted by Crippen LogP contribution is -2.25. The van der Waals surface area contributed by atoms with Gasteiger partial charge in [-0.05, 0) is 25.6 Å². The van der Waals surface area contributed by atoms with Gasteiger partial charge in [-0.1, -0.05) is 37.3 Å². The van der Waals surface area contributed by atoms with E-state index in [1.165, 1.54) is 10.6 Å². The third kappa shape index (κ3) is 3.39. The van der Waals surface area contributed by atoms with Gasteiger partial charge >= 0.3 is 0 Å². The van der Waals surface area contributed by atoms with Gasteiger partial charge in [0.1, 0.15) is 0 Å². The van der Waals surface area contributed by atoms with Gasteiger partial charge in [-0.3, -0.25) is 4.68 Å². The van der Waals surface area contributed by atoms with Crippen LogP contribution in [0.3, 0.4) is 0 Å². The number of aromatic nitrogens is 2. The third-order valence-electron chi connectivity index (χ3n) is 3.20. The maximum Gasteiger partial charge on any atom is 0.0942 e. The zero-order valence-corrected chi connectivity index (χ0v) is 12.7. The van der Waals surface area contributed by atoms with E-state index >= 15 is 0 Å². The van der Waals surface area contributed by atoms with E-state index in [2.05, 4.69) is 53.7 Å². The number of benzene rings is 1. The first-order valence-electron chi connectivity index (χ1n) is 6.51. The van der Waals surface area contributed by atoms with Crippen LogP contribution in [0, 0.1) is 6.92 Å². The summed E-state index contributed by atoms with van der Waals surface area (Å²) < 4.78 is 1.95. The normalized spacial score (nSPS) is 14.3. The quantitative estimate of drug-likeness (QED) is 0.850. The average Bonchev–Trinajstić information content (AvgIpc) is 2.70. The van der Waals surface area contributed by atoms with Gasteiger partial charge in [0.15, 0.2) is 0 Å². The molecule has 2 unspecified atom stereocenters. The number of nitrogens with zero attached hydrogens (tertiary/aromatic N) is 2. The summed E-state index contributed by atoms with van der Waals surface area (Å²) in [7, 11) is 4.02. The molecule has 2 aromatic rings. The van der Waals surface area contributed by atoms with E-state index in [4.69, 9.17) is 0 Å². The van der Waals surface area contributed by atoms with Crippen molar-refractivity contribution in [2.24, 2.45) is 7.05 Å². The van der Waals surface area contributed by atoms with Gasteiger partial charge in [-0.2, -0.15) is 5.10 Å². The highest BCUT2D eigenvalue weighted by atomic mass is 32.2. The van der Waals surface area contributed by atoms with E-state index in [9.17, 15) is 0 Å². The molecule has 102 valence electrons. The first-order valence-corrected chi connectivity index (χ1v) is 7.39. The Kier molecular flexibility index (Phi) is 4.66. The molecule has 0 saturated carbocycles. The minimum absolute atomic E-state index is 0.335. The monoisotopic (exact) mass is 275 g/mol. The number of nitrogens with one attached hydrogen (secondary N) is 1. The second-order valence-electron chi connectivity index (χ2n) is 4.75. The predicted molar refractivity (Wildman–Crippen MR) is 81.5 cm³/mol. The molecule has 1 N–H and O–H groups in total. The molecule has 1 aromatic carbocycles.